The second-order valence-electron chi connectivity index (χ2n) is 4.96. The number of amides is 1. The highest BCUT2D eigenvalue weighted by molar-refractivity contribution is 5.78. The predicted octanol–water partition coefficient (Wildman–Crippen LogP) is 0.358. The molecule has 1 fully saturated rings. The zero-order valence-corrected chi connectivity index (χ0v) is 9.92. The van der Waals surface area contributed by atoms with Crippen LogP contribution in [0.2, 0.25) is 0 Å². The van der Waals surface area contributed by atoms with Crippen molar-refractivity contribution in [3.8, 4) is 0 Å². The Kier molecular flexibility index (Phi) is 4.11. The Morgan fingerprint density at radius 1 is 1.60 bits per heavy atom. The van der Waals surface area contributed by atoms with Crippen LogP contribution in [-0.4, -0.2) is 47.2 Å². The molecule has 15 heavy (non-hydrogen) atoms. The van der Waals surface area contributed by atoms with Crippen molar-refractivity contribution in [3.05, 3.63) is 0 Å². The molecule has 0 aliphatic carbocycles. The summed E-state index contributed by atoms with van der Waals surface area (Å²) >= 11 is 0. The molecule has 0 unspecified atom stereocenters. The molecule has 0 bridgehead atoms. The van der Waals surface area contributed by atoms with Gasteiger partial charge in [-0.25, -0.2) is 0 Å². The number of β-amino-alcohol motifs (C(OH)–C–C–N with tert-alkyl or cyclic N) is 1. The normalized spacial score (nSPS) is 23.1. The van der Waals surface area contributed by atoms with E-state index in [1.807, 2.05) is 18.7 Å². The summed E-state index contributed by atoms with van der Waals surface area (Å²) in [5.41, 5.74) is -0.130. The number of aliphatic hydroxyl groups excluding tert-OH is 1. The fourth-order valence-corrected chi connectivity index (χ4v) is 1.66. The van der Waals surface area contributed by atoms with E-state index in [9.17, 15) is 9.90 Å². The van der Waals surface area contributed by atoms with E-state index >= 15 is 0 Å². The van der Waals surface area contributed by atoms with E-state index in [0.29, 0.717) is 13.1 Å². The first-order valence-electron chi connectivity index (χ1n) is 5.64. The number of carbonyl (C=O) groups is 1. The van der Waals surface area contributed by atoms with Crippen molar-refractivity contribution in [2.24, 2.45) is 0 Å². The molecule has 4 heteroatoms. The molecule has 4 nitrogen and oxygen atoms in total. The number of rotatable bonds is 4. The molecule has 0 spiro atoms. The first kappa shape index (κ1) is 12.5. The molecule has 0 aromatic carbocycles. The molecule has 1 aliphatic heterocycles. The molecular formula is C11H22N2O2. The highest BCUT2D eigenvalue weighted by Gasteiger charge is 2.24. The smallest absolute Gasteiger partial charge is 0.234 e. The maximum Gasteiger partial charge on any atom is 0.234 e. The van der Waals surface area contributed by atoms with Gasteiger partial charge in [0.05, 0.1) is 12.6 Å². The van der Waals surface area contributed by atoms with Crippen molar-refractivity contribution < 1.29 is 9.90 Å². The Hall–Kier alpha value is -0.610. The van der Waals surface area contributed by atoms with Crippen LogP contribution in [-0.2, 0) is 4.79 Å². The van der Waals surface area contributed by atoms with E-state index < -0.39 is 0 Å². The van der Waals surface area contributed by atoms with E-state index in [0.717, 1.165) is 19.4 Å². The molecule has 88 valence electrons. The van der Waals surface area contributed by atoms with Gasteiger partial charge in [0.1, 0.15) is 0 Å². The molecule has 0 radical (unpaired) electrons. The summed E-state index contributed by atoms with van der Waals surface area (Å²) in [4.78, 5) is 13.6. The molecule has 0 aromatic heterocycles. The second-order valence-corrected chi connectivity index (χ2v) is 4.96. The third kappa shape index (κ3) is 4.18. The second kappa shape index (κ2) is 4.94. The van der Waals surface area contributed by atoms with Crippen LogP contribution in [0.3, 0.4) is 0 Å². The van der Waals surface area contributed by atoms with E-state index in [2.05, 4.69) is 12.2 Å². The van der Waals surface area contributed by atoms with Crippen LogP contribution >= 0.6 is 0 Å². The summed E-state index contributed by atoms with van der Waals surface area (Å²) in [6, 6.07) is 0. The lowest BCUT2D eigenvalue weighted by atomic mass is 10.0. The van der Waals surface area contributed by atoms with Gasteiger partial charge >= 0.3 is 0 Å². The molecule has 1 saturated heterocycles. The van der Waals surface area contributed by atoms with Gasteiger partial charge < -0.3 is 10.4 Å². The van der Waals surface area contributed by atoms with Gasteiger partial charge in [0, 0.05) is 18.6 Å². The van der Waals surface area contributed by atoms with Gasteiger partial charge in [0.2, 0.25) is 5.91 Å². The minimum absolute atomic E-state index is 0.0518. The molecule has 1 heterocycles. The van der Waals surface area contributed by atoms with Crippen LogP contribution in [0.4, 0.5) is 0 Å². The van der Waals surface area contributed by atoms with E-state index in [1.54, 1.807) is 0 Å². The molecule has 1 rings (SSSR count). The number of likely N-dealkylation sites (tertiary alicyclic amines) is 1. The number of carbonyl (C=O) groups excluding carboxylic acids is 1. The quantitative estimate of drug-likeness (QED) is 0.710. The van der Waals surface area contributed by atoms with Crippen LogP contribution < -0.4 is 5.32 Å². The lowest BCUT2D eigenvalue weighted by Crippen LogP contribution is -2.47. The van der Waals surface area contributed by atoms with Gasteiger partial charge in [-0.1, -0.05) is 6.92 Å². The number of hydrogen-bond donors (Lipinski definition) is 2. The first-order chi connectivity index (χ1) is 6.93. The zero-order valence-electron chi connectivity index (χ0n) is 9.92. The van der Waals surface area contributed by atoms with Crippen molar-refractivity contribution in [1.82, 2.24) is 10.2 Å². The zero-order chi connectivity index (χ0) is 11.5. The van der Waals surface area contributed by atoms with Crippen LogP contribution in [0.15, 0.2) is 0 Å². The lowest BCUT2D eigenvalue weighted by Gasteiger charge is -2.26. The molecular weight excluding hydrogens is 192 g/mol. The Balaban J connectivity index is 2.30. The fraction of sp³-hybridized carbons (Fsp3) is 0.909. The Labute approximate surface area is 91.6 Å². The molecule has 0 saturated carbocycles. The van der Waals surface area contributed by atoms with Gasteiger partial charge in [-0.05, 0) is 26.7 Å². The maximum atomic E-state index is 11.6. The molecule has 1 atom stereocenters. The van der Waals surface area contributed by atoms with E-state index in [4.69, 9.17) is 0 Å². The summed E-state index contributed by atoms with van der Waals surface area (Å²) in [7, 11) is 0. The summed E-state index contributed by atoms with van der Waals surface area (Å²) in [6.07, 6.45) is 1.45. The van der Waals surface area contributed by atoms with Crippen molar-refractivity contribution in [3.63, 3.8) is 0 Å². The predicted molar refractivity (Wildman–Crippen MR) is 59.6 cm³/mol. The number of nitrogens with zero attached hydrogens (tertiary/aromatic N) is 1. The minimum atomic E-state index is -0.253. The van der Waals surface area contributed by atoms with Crippen molar-refractivity contribution in [2.45, 2.75) is 45.3 Å². The van der Waals surface area contributed by atoms with E-state index in [1.165, 1.54) is 0 Å². The van der Waals surface area contributed by atoms with Crippen LogP contribution in [0.5, 0.6) is 0 Å². The first-order valence-corrected chi connectivity index (χ1v) is 5.64. The highest BCUT2D eigenvalue weighted by atomic mass is 16.3. The summed E-state index contributed by atoms with van der Waals surface area (Å²) in [6.45, 7) is 7.94. The van der Waals surface area contributed by atoms with Crippen LogP contribution in [0, 0.1) is 0 Å². The number of nitrogens with one attached hydrogen (secondary N) is 1. The average molecular weight is 214 g/mol. The minimum Gasteiger partial charge on any atom is -0.392 e. The summed E-state index contributed by atoms with van der Waals surface area (Å²) in [5.74, 6) is 0.0518. The summed E-state index contributed by atoms with van der Waals surface area (Å²) < 4.78 is 0. The standard InChI is InChI=1S/C11H22N2O2/c1-4-11(2,3)12-10(15)8-13-6-5-9(14)7-13/h9,14H,4-8H2,1-3H3,(H,12,15)/t9-/m0/s1. The SMILES string of the molecule is CCC(C)(C)NC(=O)CN1CC[C@H](O)C1. The van der Waals surface area contributed by atoms with Crippen LogP contribution in [0.25, 0.3) is 0 Å². The van der Waals surface area contributed by atoms with Gasteiger partial charge in [0.15, 0.2) is 0 Å². The molecule has 0 aromatic rings. The Bertz CT molecular complexity index is 229. The third-order valence-electron chi connectivity index (χ3n) is 2.98. The highest BCUT2D eigenvalue weighted by Crippen LogP contribution is 2.09. The van der Waals surface area contributed by atoms with Crippen molar-refractivity contribution >= 4 is 5.91 Å². The Morgan fingerprint density at radius 2 is 2.27 bits per heavy atom. The number of aliphatic hydroxyl groups is 1. The largest absolute Gasteiger partial charge is 0.392 e. The summed E-state index contributed by atoms with van der Waals surface area (Å²) in [5, 5.41) is 12.3. The fourth-order valence-electron chi connectivity index (χ4n) is 1.66. The Morgan fingerprint density at radius 3 is 2.73 bits per heavy atom. The van der Waals surface area contributed by atoms with Gasteiger partial charge in [0.25, 0.3) is 0 Å². The molecule has 2 N–H and O–H groups in total. The molecule has 1 amide bonds. The average Bonchev–Trinajstić information content (AvgIpc) is 2.50. The van der Waals surface area contributed by atoms with Crippen molar-refractivity contribution in [1.29, 1.82) is 0 Å². The topological polar surface area (TPSA) is 52.6 Å². The van der Waals surface area contributed by atoms with Gasteiger partial charge in [-0.3, -0.25) is 9.69 Å². The van der Waals surface area contributed by atoms with E-state index in [-0.39, 0.29) is 17.6 Å². The van der Waals surface area contributed by atoms with Gasteiger partial charge in [-0.2, -0.15) is 0 Å². The monoisotopic (exact) mass is 214 g/mol. The number of hydrogen-bond acceptors (Lipinski definition) is 3. The van der Waals surface area contributed by atoms with Gasteiger partial charge in [-0.15, -0.1) is 0 Å². The third-order valence-corrected chi connectivity index (χ3v) is 2.98. The molecule has 1 aliphatic rings. The van der Waals surface area contributed by atoms with Crippen LogP contribution in [0.1, 0.15) is 33.6 Å². The lowest BCUT2D eigenvalue weighted by molar-refractivity contribution is -0.123. The maximum absolute atomic E-state index is 11.6. The van der Waals surface area contributed by atoms with Crippen molar-refractivity contribution in [2.75, 3.05) is 19.6 Å².